The minimum absolute atomic E-state index is 0.211. The first-order valence-corrected chi connectivity index (χ1v) is 13.2. The van der Waals surface area contributed by atoms with E-state index in [2.05, 4.69) is 15.3 Å². The number of aryl methyl sites for hydroxylation is 1. The molecule has 0 radical (unpaired) electrons. The Kier molecular flexibility index (Phi) is 5.94. The van der Waals surface area contributed by atoms with Gasteiger partial charge in [-0.3, -0.25) is 9.58 Å². The fraction of sp³-hybridized carbons (Fsp3) is 0.417. The predicted octanol–water partition coefficient (Wildman–Crippen LogP) is 2.69. The van der Waals surface area contributed by atoms with Gasteiger partial charge < -0.3 is 10.4 Å². The third-order valence-corrected chi connectivity index (χ3v) is 7.90. The quantitative estimate of drug-likeness (QED) is 0.515. The number of rotatable bonds is 7. The molecule has 1 aliphatic carbocycles. The van der Waals surface area contributed by atoms with E-state index in [1.807, 2.05) is 60.3 Å². The lowest BCUT2D eigenvalue weighted by atomic mass is 10.1. The van der Waals surface area contributed by atoms with Crippen LogP contribution in [0.3, 0.4) is 0 Å². The van der Waals surface area contributed by atoms with E-state index in [1.54, 1.807) is 0 Å². The molecule has 1 aliphatic heterocycles. The van der Waals surface area contributed by atoms with Crippen LogP contribution in [0.4, 0.5) is 5.69 Å². The molecule has 0 bridgehead atoms. The van der Waals surface area contributed by atoms with Gasteiger partial charge in [-0.2, -0.15) is 5.10 Å². The molecule has 2 aromatic carbocycles. The van der Waals surface area contributed by atoms with Gasteiger partial charge in [0.15, 0.2) is 21.9 Å². The topological polar surface area (TPSA) is 100 Å². The summed E-state index contributed by atoms with van der Waals surface area (Å²) < 4.78 is 25.1. The molecule has 9 heteroatoms. The van der Waals surface area contributed by atoms with Crippen LogP contribution in [0.2, 0.25) is 0 Å². The summed E-state index contributed by atoms with van der Waals surface area (Å²) in [6.45, 7) is 1.77. The number of aliphatic hydroxyl groups excluding tert-OH is 1. The average molecular weight is 468 g/mol. The molecule has 8 nitrogen and oxygen atoms in total. The highest BCUT2D eigenvalue weighted by molar-refractivity contribution is 7.91. The van der Waals surface area contributed by atoms with E-state index in [0.717, 1.165) is 34.0 Å². The normalized spacial score (nSPS) is 19.3. The van der Waals surface area contributed by atoms with Crippen molar-refractivity contribution < 1.29 is 13.5 Å². The molecule has 0 spiro atoms. The second-order valence-corrected chi connectivity index (χ2v) is 11.3. The minimum atomic E-state index is -2.89. The number of benzene rings is 2. The van der Waals surface area contributed by atoms with Crippen molar-refractivity contribution in [2.45, 2.75) is 31.5 Å². The maximum Gasteiger partial charge on any atom is 0.181 e. The molecule has 1 atom stereocenters. The largest absolute Gasteiger partial charge is 0.369 e. The molecule has 33 heavy (non-hydrogen) atoms. The van der Waals surface area contributed by atoms with E-state index in [4.69, 9.17) is 4.98 Å². The summed E-state index contributed by atoms with van der Waals surface area (Å²) in [6, 6.07) is 15.5. The molecule has 2 heterocycles. The zero-order chi connectivity index (χ0) is 23.0. The van der Waals surface area contributed by atoms with Crippen LogP contribution in [0.25, 0.3) is 11.4 Å². The van der Waals surface area contributed by atoms with Crippen LogP contribution in [0, 0.1) is 0 Å². The van der Waals surface area contributed by atoms with Crippen molar-refractivity contribution in [3.63, 3.8) is 0 Å². The summed E-state index contributed by atoms with van der Waals surface area (Å²) in [7, 11) is -0.946. The number of nitrogens with zero attached hydrogens (tertiary/aromatic N) is 4. The fourth-order valence-corrected chi connectivity index (χ4v) is 5.48. The smallest absolute Gasteiger partial charge is 0.181 e. The van der Waals surface area contributed by atoms with Gasteiger partial charge in [0.2, 0.25) is 0 Å². The number of nitrogens with one attached hydrogen (secondary N) is 1. The Labute approximate surface area is 194 Å². The Bertz CT molecular complexity index is 1220. The Balaban J connectivity index is 1.22. The van der Waals surface area contributed by atoms with Crippen LogP contribution in [-0.2, 0) is 23.4 Å². The molecule has 3 aromatic rings. The van der Waals surface area contributed by atoms with Gasteiger partial charge in [-0.15, -0.1) is 0 Å². The Morgan fingerprint density at radius 1 is 1.12 bits per heavy atom. The van der Waals surface area contributed by atoms with Crippen molar-refractivity contribution in [2.24, 2.45) is 7.05 Å². The van der Waals surface area contributed by atoms with Crippen molar-refractivity contribution in [3.8, 4) is 11.4 Å². The summed E-state index contributed by atoms with van der Waals surface area (Å²) in [5, 5.41) is 18.4. The highest BCUT2D eigenvalue weighted by atomic mass is 32.2. The summed E-state index contributed by atoms with van der Waals surface area (Å²) in [6.07, 6.45) is 1.52. The highest BCUT2D eigenvalue weighted by Gasteiger charge is 2.29. The molecule has 2 aliphatic rings. The van der Waals surface area contributed by atoms with E-state index >= 15 is 0 Å². The molecular weight excluding hydrogens is 438 g/mol. The number of sulfone groups is 1. The monoisotopic (exact) mass is 467 g/mol. The van der Waals surface area contributed by atoms with Gasteiger partial charge in [0.1, 0.15) is 5.82 Å². The average Bonchev–Trinajstić information content (AvgIpc) is 3.57. The van der Waals surface area contributed by atoms with Gasteiger partial charge >= 0.3 is 0 Å². The number of hydrogen-bond acceptors (Lipinski definition) is 7. The summed E-state index contributed by atoms with van der Waals surface area (Å²) >= 11 is 0. The van der Waals surface area contributed by atoms with Crippen LogP contribution in [-0.4, -0.2) is 57.8 Å². The molecule has 174 valence electrons. The van der Waals surface area contributed by atoms with E-state index in [9.17, 15) is 13.5 Å². The number of aliphatic hydroxyl groups is 1. The van der Waals surface area contributed by atoms with E-state index in [1.165, 1.54) is 12.8 Å². The van der Waals surface area contributed by atoms with Gasteiger partial charge in [-0.25, -0.2) is 13.4 Å². The van der Waals surface area contributed by atoms with Gasteiger partial charge in [0.05, 0.1) is 11.5 Å². The number of aromatic nitrogens is 3. The molecule has 2 fully saturated rings. The number of hydrogen-bond donors (Lipinski definition) is 2. The second kappa shape index (κ2) is 8.89. The lowest BCUT2D eigenvalue weighted by Gasteiger charge is -2.26. The van der Waals surface area contributed by atoms with Gasteiger partial charge in [0.25, 0.3) is 0 Å². The first-order valence-electron chi connectivity index (χ1n) is 11.3. The van der Waals surface area contributed by atoms with Crippen molar-refractivity contribution >= 4 is 15.5 Å². The van der Waals surface area contributed by atoms with Crippen LogP contribution >= 0.6 is 0 Å². The van der Waals surface area contributed by atoms with Crippen molar-refractivity contribution in [2.75, 3.05) is 29.9 Å². The molecular formula is C24H29N5O3S. The van der Waals surface area contributed by atoms with Crippen molar-refractivity contribution in [1.29, 1.82) is 0 Å². The van der Waals surface area contributed by atoms with Crippen molar-refractivity contribution in [1.82, 2.24) is 19.7 Å². The lowest BCUT2D eigenvalue weighted by Crippen LogP contribution is -2.39. The Morgan fingerprint density at radius 2 is 1.85 bits per heavy atom. The minimum Gasteiger partial charge on any atom is -0.369 e. The standard InChI is InChI=1S/C24H29N5O3S/c1-28-23(19-5-6-19)26-22(27-28)18-7-9-21(10-8-18)25-24(30)20-4-2-3-17(15-20)16-29-11-13-33(31,32)14-12-29/h2-4,7-10,15,19,24-25,30H,5-6,11-14,16H2,1H3. The Hall–Kier alpha value is -2.75. The first kappa shape index (κ1) is 22.1. The van der Waals surface area contributed by atoms with E-state index < -0.39 is 16.1 Å². The van der Waals surface area contributed by atoms with Crippen LogP contribution < -0.4 is 5.32 Å². The molecule has 5 rings (SSSR count). The third kappa shape index (κ3) is 5.26. The predicted molar refractivity (Wildman–Crippen MR) is 127 cm³/mol. The first-order chi connectivity index (χ1) is 15.9. The lowest BCUT2D eigenvalue weighted by molar-refractivity contribution is 0.208. The zero-order valence-corrected chi connectivity index (χ0v) is 19.5. The molecule has 1 saturated heterocycles. The highest BCUT2D eigenvalue weighted by Crippen LogP contribution is 2.39. The summed E-state index contributed by atoms with van der Waals surface area (Å²) in [5.74, 6) is 2.75. The molecule has 2 N–H and O–H groups in total. The van der Waals surface area contributed by atoms with Crippen molar-refractivity contribution in [3.05, 3.63) is 65.5 Å². The molecule has 1 unspecified atom stereocenters. The summed E-state index contributed by atoms with van der Waals surface area (Å²) in [4.78, 5) is 6.83. The second-order valence-electron chi connectivity index (χ2n) is 8.99. The van der Waals surface area contributed by atoms with Gasteiger partial charge in [0, 0.05) is 49.4 Å². The summed E-state index contributed by atoms with van der Waals surface area (Å²) in [5.41, 5.74) is 3.57. The number of anilines is 1. The van der Waals surface area contributed by atoms with Gasteiger partial charge in [-0.05, 0) is 42.7 Å². The molecule has 1 aromatic heterocycles. The Morgan fingerprint density at radius 3 is 2.55 bits per heavy atom. The van der Waals surface area contributed by atoms with E-state index in [-0.39, 0.29) is 11.5 Å². The SMILES string of the molecule is Cn1nc(-c2ccc(NC(O)c3cccc(CN4CCS(=O)(=O)CC4)c3)cc2)nc1C1CC1. The molecule has 0 amide bonds. The third-order valence-electron chi connectivity index (χ3n) is 6.30. The maximum absolute atomic E-state index is 11.6. The fourth-order valence-electron chi connectivity index (χ4n) is 4.20. The van der Waals surface area contributed by atoms with E-state index in [0.29, 0.717) is 25.6 Å². The molecule has 1 saturated carbocycles. The zero-order valence-electron chi connectivity index (χ0n) is 18.7. The maximum atomic E-state index is 11.6. The van der Waals surface area contributed by atoms with Gasteiger partial charge in [-0.1, -0.05) is 24.3 Å². The van der Waals surface area contributed by atoms with Crippen LogP contribution in [0.15, 0.2) is 48.5 Å². The van der Waals surface area contributed by atoms with Crippen LogP contribution in [0.5, 0.6) is 0 Å². The van der Waals surface area contributed by atoms with Crippen LogP contribution in [0.1, 0.15) is 41.9 Å².